The lowest BCUT2D eigenvalue weighted by Gasteiger charge is -2.36. The number of rotatable bonds is 2. The zero-order valence-electron chi connectivity index (χ0n) is 11.6. The van der Waals surface area contributed by atoms with Crippen LogP contribution >= 0.6 is 0 Å². The first-order chi connectivity index (χ1) is 9.62. The van der Waals surface area contributed by atoms with Crippen LogP contribution in [0.2, 0.25) is 0 Å². The predicted molar refractivity (Wildman–Crippen MR) is 67.3 cm³/mol. The molecule has 1 unspecified atom stereocenters. The van der Waals surface area contributed by atoms with Gasteiger partial charge in [-0.2, -0.15) is 13.2 Å². The van der Waals surface area contributed by atoms with Gasteiger partial charge >= 0.3 is 12.1 Å². The van der Waals surface area contributed by atoms with Crippen molar-refractivity contribution in [1.82, 2.24) is 4.90 Å². The van der Waals surface area contributed by atoms with Gasteiger partial charge in [-0.1, -0.05) is 19.3 Å². The Morgan fingerprint density at radius 3 is 2.10 bits per heavy atom. The minimum atomic E-state index is -4.89. The summed E-state index contributed by atoms with van der Waals surface area (Å²) < 4.78 is 39.3. The molecule has 1 heterocycles. The standard InChI is InChI=1S/C13H19F3N2O3/c14-13(15,16)11(10(20)21)6-7-18(8-11)9(19)12(17)4-2-1-3-5-12/h1-8,17H2,(H,20,21). The van der Waals surface area contributed by atoms with E-state index >= 15 is 0 Å². The molecule has 0 aromatic heterocycles. The summed E-state index contributed by atoms with van der Waals surface area (Å²) in [5.41, 5.74) is 2.03. The number of halogens is 3. The molecule has 21 heavy (non-hydrogen) atoms. The average molecular weight is 308 g/mol. The summed E-state index contributed by atoms with van der Waals surface area (Å²) in [6.45, 7) is -1.06. The quantitative estimate of drug-likeness (QED) is 0.810. The van der Waals surface area contributed by atoms with Crippen molar-refractivity contribution in [2.45, 2.75) is 50.2 Å². The smallest absolute Gasteiger partial charge is 0.406 e. The van der Waals surface area contributed by atoms with Crippen LogP contribution in [0.3, 0.4) is 0 Å². The third-order valence-corrected chi connectivity index (χ3v) is 4.68. The highest BCUT2D eigenvalue weighted by atomic mass is 19.4. The van der Waals surface area contributed by atoms with Gasteiger partial charge in [0.2, 0.25) is 5.91 Å². The topological polar surface area (TPSA) is 83.6 Å². The Labute approximate surface area is 120 Å². The summed E-state index contributed by atoms with van der Waals surface area (Å²) in [6, 6.07) is 0. The minimum absolute atomic E-state index is 0.219. The molecule has 0 radical (unpaired) electrons. The number of nitrogens with two attached hydrogens (primary N) is 1. The van der Waals surface area contributed by atoms with Gasteiger partial charge in [0.15, 0.2) is 5.41 Å². The molecule has 1 saturated heterocycles. The fourth-order valence-electron chi connectivity index (χ4n) is 3.22. The molecular weight excluding hydrogens is 289 g/mol. The minimum Gasteiger partial charge on any atom is -0.481 e. The number of carboxylic acid groups (broad SMARTS) is 1. The Kier molecular flexibility index (Phi) is 3.94. The van der Waals surface area contributed by atoms with Crippen LogP contribution in [-0.4, -0.2) is 46.7 Å². The van der Waals surface area contributed by atoms with Crippen molar-refractivity contribution in [1.29, 1.82) is 0 Å². The van der Waals surface area contributed by atoms with Gasteiger partial charge in [-0.25, -0.2) is 0 Å². The number of carbonyl (C=O) groups is 2. The maximum absolute atomic E-state index is 13.1. The predicted octanol–water partition coefficient (Wildman–Crippen LogP) is 1.51. The molecule has 0 aromatic carbocycles. The molecule has 3 N–H and O–H groups in total. The molecule has 120 valence electrons. The fourth-order valence-corrected chi connectivity index (χ4v) is 3.22. The Morgan fingerprint density at radius 1 is 1.10 bits per heavy atom. The molecule has 1 atom stereocenters. The zero-order valence-corrected chi connectivity index (χ0v) is 11.6. The Bertz CT molecular complexity index is 446. The highest BCUT2D eigenvalue weighted by Gasteiger charge is 2.64. The van der Waals surface area contributed by atoms with Crippen molar-refractivity contribution in [3.63, 3.8) is 0 Å². The van der Waals surface area contributed by atoms with E-state index in [-0.39, 0.29) is 6.54 Å². The second-order valence-corrected chi connectivity index (χ2v) is 6.08. The monoisotopic (exact) mass is 308 g/mol. The van der Waals surface area contributed by atoms with E-state index in [0.717, 1.165) is 24.2 Å². The largest absolute Gasteiger partial charge is 0.481 e. The second kappa shape index (κ2) is 5.15. The van der Waals surface area contributed by atoms with Crippen LogP contribution in [0.15, 0.2) is 0 Å². The lowest BCUT2D eigenvalue weighted by atomic mass is 9.81. The van der Waals surface area contributed by atoms with E-state index in [0.29, 0.717) is 12.8 Å². The van der Waals surface area contributed by atoms with Gasteiger partial charge in [-0.15, -0.1) is 0 Å². The van der Waals surface area contributed by atoms with Crippen LogP contribution in [-0.2, 0) is 9.59 Å². The number of hydrogen-bond acceptors (Lipinski definition) is 3. The third-order valence-electron chi connectivity index (χ3n) is 4.68. The van der Waals surface area contributed by atoms with Crippen molar-refractivity contribution >= 4 is 11.9 Å². The molecule has 1 aliphatic carbocycles. The summed E-state index contributed by atoms with van der Waals surface area (Å²) in [6.07, 6.45) is -2.15. The third kappa shape index (κ3) is 2.61. The van der Waals surface area contributed by atoms with Crippen molar-refractivity contribution in [3.8, 4) is 0 Å². The van der Waals surface area contributed by atoms with Crippen LogP contribution in [0.5, 0.6) is 0 Å². The highest BCUT2D eigenvalue weighted by Crippen LogP contribution is 2.46. The van der Waals surface area contributed by atoms with Crippen LogP contribution in [0.1, 0.15) is 38.5 Å². The second-order valence-electron chi connectivity index (χ2n) is 6.08. The van der Waals surface area contributed by atoms with E-state index in [1.165, 1.54) is 0 Å². The molecule has 2 fully saturated rings. The molecule has 2 rings (SSSR count). The summed E-state index contributed by atoms with van der Waals surface area (Å²) in [7, 11) is 0. The summed E-state index contributed by atoms with van der Waals surface area (Å²) >= 11 is 0. The number of hydrogen-bond donors (Lipinski definition) is 2. The van der Waals surface area contributed by atoms with Crippen LogP contribution < -0.4 is 5.73 Å². The normalized spacial score (nSPS) is 29.4. The van der Waals surface area contributed by atoms with Crippen molar-refractivity contribution in [2.75, 3.05) is 13.1 Å². The molecule has 0 aromatic rings. The maximum Gasteiger partial charge on any atom is 0.406 e. The van der Waals surface area contributed by atoms with Crippen molar-refractivity contribution in [3.05, 3.63) is 0 Å². The number of aliphatic carboxylic acids is 1. The molecule has 2 aliphatic rings. The van der Waals surface area contributed by atoms with E-state index in [9.17, 15) is 22.8 Å². The molecule has 1 saturated carbocycles. The number of carbonyl (C=O) groups excluding carboxylic acids is 1. The molecule has 0 spiro atoms. The van der Waals surface area contributed by atoms with Crippen LogP contribution in [0.25, 0.3) is 0 Å². The molecular formula is C13H19F3N2O3. The molecule has 1 aliphatic heterocycles. The van der Waals surface area contributed by atoms with Crippen LogP contribution in [0, 0.1) is 5.41 Å². The fraction of sp³-hybridized carbons (Fsp3) is 0.846. The van der Waals surface area contributed by atoms with Gasteiger partial charge in [-0.05, 0) is 19.3 Å². The molecule has 8 heteroatoms. The van der Waals surface area contributed by atoms with Gasteiger partial charge < -0.3 is 15.7 Å². The Balaban J connectivity index is 2.17. The van der Waals surface area contributed by atoms with Gasteiger partial charge in [-0.3, -0.25) is 9.59 Å². The highest BCUT2D eigenvalue weighted by molar-refractivity contribution is 5.88. The number of likely N-dealkylation sites (tertiary alicyclic amines) is 1. The lowest BCUT2D eigenvalue weighted by molar-refractivity contribution is -0.227. The molecule has 1 amide bonds. The van der Waals surface area contributed by atoms with Crippen molar-refractivity contribution in [2.24, 2.45) is 11.1 Å². The van der Waals surface area contributed by atoms with Gasteiger partial charge in [0, 0.05) is 13.1 Å². The number of alkyl halides is 3. The zero-order chi connectivity index (χ0) is 15.9. The van der Waals surface area contributed by atoms with E-state index < -0.39 is 42.0 Å². The average Bonchev–Trinajstić information content (AvgIpc) is 2.84. The van der Waals surface area contributed by atoms with E-state index in [2.05, 4.69) is 0 Å². The first-order valence-corrected chi connectivity index (χ1v) is 7.01. The number of carboxylic acids is 1. The lowest BCUT2D eigenvalue weighted by Crippen LogP contribution is -2.57. The summed E-state index contributed by atoms with van der Waals surface area (Å²) in [5, 5.41) is 8.98. The van der Waals surface area contributed by atoms with Gasteiger partial charge in [0.05, 0.1) is 5.54 Å². The van der Waals surface area contributed by atoms with E-state index in [1.807, 2.05) is 0 Å². The molecule has 0 bridgehead atoms. The maximum atomic E-state index is 13.1. The first-order valence-electron chi connectivity index (χ1n) is 7.01. The number of amides is 1. The summed E-state index contributed by atoms with van der Waals surface area (Å²) in [4.78, 5) is 24.5. The SMILES string of the molecule is NC1(C(=O)N2CCC(C(=O)O)(C(F)(F)F)C2)CCCCC1. The summed E-state index contributed by atoms with van der Waals surface area (Å²) in [5.74, 6) is -2.48. The van der Waals surface area contributed by atoms with E-state index in [4.69, 9.17) is 10.8 Å². The Morgan fingerprint density at radius 2 is 1.67 bits per heavy atom. The van der Waals surface area contributed by atoms with Crippen LogP contribution in [0.4, 0.5) is 13.2 Å². The first kappa shape index (κ1) is 16.1. The van der Waals surface area contributed by atoms with Gasteiger partial charge in [0.1, 0.15) is 0 Å². The number of nitrogens with zero attached hydrogens (tertiary/aromatic N) is 1. The van der Waals surface area contributed by atoms with Crippen molar-refractivity contribution < 1.29 is 27.9 Å². The van der Waals surface area contributed by atoms with E-state index in [1.54, 1.807) is 0 Å². The molecule has 5 nitrogen and oxygen atoms in total. The van der Waals surface area contributed by atoms with Gasteiger partial charge in [0.25, 0.3) is 0 Å². The Hall–Kier alpha value is -1.31.